The van der Waals surface area contributed by atoms with Crippen molar-refractivity contribution in [3.8, 4) is 0 Å². The number of hydrogen-bond donors (Lipinski definition) is 0. The first kappa shape index (κ1) is 13.0. The maximum absolute atomic E-state index is 12.3. The van der Waals surface area contributed by atoms with Crippen molar-refractivity contribution in [2.75, 3.05) is 6.61 Å². The van der Waals surface area contributed by atoms with Crippen LogP contribution in [0.25, 0.3) is 0 Å². The highest BCUT2D eigenvalue weighted by molar-refractivity contribution is 5.81. The summed E-state index contributed by atoms with van der Waals surface area (Å²) < 4.78 is 46.3. The van der Waals surface area contributed by atoms with Gasteiger partial charge in [-0.2, -0.15) is 13.2 Å². The van der Waals surface area contributed by atoms with Crippen molar-refractivity contribution in [3.05, 3.63) is 12.2 Å². The second kappa shape index (κ2) is 4.45. The first-order chi connectivity index (χ1) is 7.31. The molecule has 3 nitrogen and oxygen atoms in total. The number of carbonyl (C=O) groups excluding carboxylic acids is 1. The number of rotatable bonds is 4. The molecule has 0 radical (unpaired) electrons. The third kappa shape index (κ3) is 2.75. The van der Waals surface area contributed by atoms with E-state index in [0.29, 0.717) is 0 Å². The molecule has 0 spiro atoms. The van der Waals surface area contributed by atoms with Crippen LogP contribution in [0.5, 0.6) is 0 Å². The Kier molecular flexibility index (Phi) is 3.62. The lowest BCUT2D eigenvalue weighted by molar-refractivity contribution is -0.178. The number of hydrogen-bond acceptors (Lipinski definition) is 3. The molecule has 6 heteroatoms. The number of alkyl halides is 3. The van der Waals surface area contributed by atoms with Crippen molar-refractivity contribution in [3.63, 3.8) is 0 Å². The van der Waals surface area contributed by atoms with Crippen LogP contribution >= 0.6 is 0 Å². The molecular formula is C10H13F3O3. The van der Waals surface area contributed by atoms with Gasteiger partial charge >= 0.3 is 12.1 Å². The van der Waals surface area contributed by atoms with E-state index in [4.69, 9.17) is 0 Å². The maximum atomic E-state index is 12.3. The van der Waals surface area contributed by atoms with Crippen LogP contribution in [0.15, 0.2) is 12.2 Å². The molecule has 2 atom stereocenters. The number of epoxide rings is 1. The van der Waals surface area contributed by atoms with E-state index in [1.807, 2.05) is 0 Å². The van der Waals surface area contributed by atoms with Crippen molar-refractivity contribution in [2.24, 2.45) is 0 Å². The fourth-order valence-electron chi connectivity index (χ4n) is 1.30. The largest absolute Gasteiger partial charge is 0.462 e. The lowest BCUT2D eigenvalue weighted by atomic mass is 10.1. The van der Waals surface area contributed by atoms with Crippen molar-refractivity contribution in [2.45, 2.75) is 38.1 Å². The second-order valence-electron chi connectivity index (χ2n) is 3.67. The van der Waals surface area contributed by atoms with Crippen molar-refractivity contribution >= 4 is 5.97 Å². The number of halogens is 3. The fourth-order valence-corrected chi connectivity index (χ4v) is 1.30. The van der Waals surface area contributed by atoms with E-state index in [0.717, 1.165) is 6.92 Å². The van der Waals surface area contributed by atoms with Crippen LogP contribution in [-0.2, 0) is 14.3 Å². The van der Waals surface area contributed by atoms with Gasteiger partial charge in [0.2, 0.25) is 0 Å². The monoisotopic (exact) mass is 238 g/mol. The van der Waals surface area contributed by atoms with E-state index < -0.39 is 23.9 Å². The molecule has 1 saturated heterocycles. The Morgan fingerprint density at radius 2 is 2.19 bits per heavy atom. The van der Waals surface area contributed by atoms with E-state index in [1.54, 1.807) is 6.92 Å². The zero-order valence-electron chi connectivity index (χ0n) is 9.00. The SMILES string of the molecule is CC=CC(=O)OCCC1OC1(C)C(F)(F)F. The van der Waals surface area contributed by atoms with Gasteiger partial charge in [0.1, 0.15) is 0 Å². The molecule has 92 valence electrons. The molecule has 0 amide bonds. The molecule has 2 unspecified atom stereocenters. The van der Waals surface area contributed by atoms with Gasteiger partial charge in [0.25, 0.3) is 0 Å². The summed E-state index contributed by atoms with van der Waals surface area (Å²) in [4.78, 5) is 10.8. The normalized spacial score (nSPS) is 29.4. The molecule has 1 fully saturated rings. The molecule has 0 saturated carbocycles. The summed E-state index contributed by atoms with van der Waals surface area (Å²) >= 11 is 0. The Morgan fingerprint density at radius 3 is 2.62 bits per heavy atom. The molecule has 0 aliphatic carbocycles. The summed E-state index contributed by atoms with van der Waals surface area (Å²) in [5, 5.41) is 0. The molecule has 0 N–H and O–H groups in total. The Labute approximate surface area is 91.2 Å². The van der Waals surface area contributed by atoms with Crippen LogP contribution in [0.4, 0.5) is 13.2 Å². The van der Waals surface area contributed by atoms with Gasteiger partial charge < -0.3 is 9.47 Å². The summed E-state index contributed by atoms with van der Waals surface area (Å²) in [7, 11) is 0. The van der Waals surface area contributed by atoms with Crippen LogP contribution in [-0.4, -0.2) is 30.5 Å². The average Bonchev–Trinajstić information content (AvgIpc) is 2.78. The van der Waals surface area contributed by atoms with Crippen LogP contribution in [0, 0.1) is 0 Å². The molecule has 0 aromatic carbocycles. The second-order valence-corrected chi connectivity index (χ2v) is 3.67. The Bertz CT molecular complexity index is 298. The Hall–Kier alpha value is -1.04. The van der Waals surface area contributed by atoms with E-state index in [9.17, 15) is 18.0 Å². The molecular weight excluding hydrogens is 225 g/mol. The standard InChI is InChI=1S/C10H13F3O3/c1-3-4-8(14)15-6-5-7-9(2,16-7)10(11,12)13/h3-4,7H,5-6H2,1-2H3. The molecule has 1 rings (SSSR count). The Morgan fingerprint density at radius 1 is 1.56 bits per heavy atom. The van der Waals surface area contributed by atoms with E-state index in [-0.39, 0.29) is 13.0 Å². The lowest BCUT2D eigenvalue weighted by Crippen LogP contribution is -2.32. The van der Waals surface area contributed by atoms with Crippen molar-refractivity contribution in [1.82, 2.24) is 0 Å². The molecule has 16 heavy (non-hydrogen) atoms. The van der Waals surface area contributed by atoms with Gasteiger partial charge in [-0.25, -0.2) is 4.79 Å². The van der Waals surface area contributed by atoms with Gasteiger partial charge in [-0.15, -0.1) is 0 Å². The van der Waals surface area contributed by atoms with Gasteiger partial charge in [-0.1, -0.05) is 6.08 Å². The third-order valence-electron chi connectivity index (χ3n) is 2.43. The summed E-state index contributed by atoms with van der Waals surface area (Å²) in [5.74, 6) is -0.558. The number of esters is 1. The van der Waals surface area contributed by atoms with Crippen LogP contribution in [0.2, 0.25) is 0 Å². The first-order valence-electron chi connectivity index (χ1n) is 4.85. The van der Waals surface area contributed by atoms with E-state index in [2.05, 4.69) is 9.47 Å². The number of ether oxygens (including phenoxy) is 2. The summed E-state index contributed by atoms with van der Waals surface area (Å²) in [6.45, 7) is 2.57. The molecule has 0 aromatic rings. The molecule has 1 heterocycles. The number of allylic oxidation sites excluding steroid dienone is 1. The van der Waals surface area contributed by atoms with Gasteiger partial charge in [0, 0.05) is 12.5 Å². The highest BCUT2D eigenvalue weighted by Gasteiger charge is 2.69. The minimum Gasteiger partial charge on any atom is -0.462 e. The first-order valence-corrected chi connectivity index (χ1v) is 4.85. The van der Waals surface area contributed by atoms with Crippen LogP contribution in [0.1, 0.15) is 20.3 Å². The zero-order chi connectivity index (χ0) is 12.4. The predicted molar refractivity (Wildman–Crippen MR) is 49.7 cm³/mol. The smallest absolute Gasteiger partial charge is 0.419 e. The van der Waals surface area contributed by atoms with Crippen LogP contribution in [0.3, 0.4) is 0 Å². The van der Waals surface area contributed by atoms with Crippen LogP contribution < -0.4 is 0 Å². The average molecular weight is 238 g/mol. The molecule has 1 aliphatic rings. The predicted octanol–water partition coefficient (Wildman–Crippen LogP) is 2.22. The lowest BCUT2D eigenvalue weighted by Gasteiger charge is -2.10. The number of carbonyl (C=O) groups is 1. The van der Waals surface area contributed by atoms with Crippen molar-refractivity contribution < 1.29 is 27.4 Å². The maximum Gasteiger partial charge on any atom is 0.419 e. The fraction of sp³-hybridized carbons (Fsp3) is 0.700. The molecule has 0 aromatic heterocycles. The topological polar surface area (TPSA) is 38.8 Å². The Balaban J connectivity index is 2.26. The molecule has 0 bridgehead atoms. The highest BCUT2D eigenvalue weighted by atomic mass is 19.4. The van der Waals surface area contributed by atoms with Gasteiger partial charge in [-0.3, -0.25) is 0 Å². The molecule has 1 aliphatic heterocycles. The zero-order valence-corrected chi connectivity index (χ0v) is 9.00. The van der Waals surface area contributed by atoms with Gasteiger partial charge in [-0.05, 0) is 13.8 Å². The van der Waals surface area contributed by atoms with E-state index in [1.165, 1.54) is 12.2 Å². The summed E-state index contributed by atoms with van der Waals surface area (Å²) in [5.41, 5.74) is -2.07. The quantitative estimate of drug-likeness (QED) is 0.428. The van der Waals surface area contributed by atoms with E-state index >= 15 is 0 Å². The van der Waals surface area contributed by atoms with Gasteiger partial charge in [0.15, 0.2) is 5.60 Å². The highest BCUT2D eigenvalue weighted by Crippen LogP contribution is 2.50. The third-order valence-corrected chi connectivity index (χ3v) is 2.43. The minimum absolute atomic E-state index is 0.0549. The summed E-state index contributed by atoms with van der Waals surface area (Å²) in [6.07, 6.45) is -2.53. The van der Waals surface area contributed by atoms with Gasteiger partial charge in [0.05, 0.1) is 12.7 Å². The van der Waals surface area contributed by atoms with Crippen molar-refractivity contribution in [1.29, 1.82) is 0 Å². The minimum atomic E-state index is -4.37. The summed E-state index contributed by atoms with van der Waals surface area (Å²) in [6, 6.07) is 0.